The fourth-order valence-electron chi connectivity index (χ4n) is 1.77. The molecule has 1 aliphatic rings. The largest absolute Gasteiger partial charge is 0.472 e. The van der Waals surface area contributed by atoms with Crippen molar-refractivity contribution >= 4 is 12.1 Å². The van der Waals surface area contributed by atoms with Crippen LogP contribution >= 0.6 is 0 Å². The average molecular weight is 207 g/mol. The highest BCUT2D eigenvalue weighted by molar-refractivity contribution is 5.79. The molecular weight excluding hydrogens is 194 g/mol. The van der Waals surface area contributed by atoms with Gasteiger partial charge in [-0.3, -0.25) is 14.5 Å². The summed E-state index contributed by atoms with van der Waals surface area (Å²) in [6.45, 7) is 2.25. The summed E-state index contributed by atoms with van der Waals surface area (Å²) in [5.41, 5.74) is 1.51. The second-order valence-corrected chi connectivity index (χ2v) is 3.79. The summed E-state index contributed by atoms with van der Waals surface area (Å²) in [7, 11) is 0. The predicted octanol–water partition coefficient (Wildman–Crippen LogP) is 1.26. The number of furan rings is 1. The fraction of sp³-hybridized carbons (Fsp3) is 0.455. The Morgan fingerprint density at radius 2 is 2.07 bits per heavy atom. The van der Waals surface area contributed by atoms with E-state index < -0.39 is 0 Å². The number of carbonyl (C=O) groups is 2. The van der Waals surface area contributed by atoms with E-state index in [-0.39, 0.29) is 0 Å². The molecule has 0 saturated carbocycles. The standard InChI is InChI=1S/C11H13NO3/c13-6-10-8-15-7-9(10)5-12-3-1-11(14)2-4-12/h6-8H,1-5H2. The second-order valence-electron chi connectivity index (χ2n) is 3.79. The summed E-state index contributed by atoms with van der Waals surface area (Å²) >= 11 is 0. The van der Waals surface area contributed by atoms with Gasteiger partial charge in [-0.05, 0) is 0 Å². The smallest absolute Gasteiger partial charge is 0.153 e. The molecule has 15 heavy (non-hydrogen) atoms. The van der Waals surface area contributed by atoms with Gasteiger partial charge in [-0.1, -0.05) is 0 Å². The van der Waals surface area contributed by atoms with Gasteiger partial charge in [0, 0.05) is 38.0 Å². The topological polar surface area (TPSA) is 50.5 Å². The second kappa shape index (κ2) is 4.40. The van der Waals surface area contributed by atoms with Crippen molar-refractivity contribution in [2.45, 2.75) is 19.4 Å². The van der Waals surface area contributed by atoms with Crippen LogP contribution in [0.3, 0.4) is 0 Å². The zero-order chi connectivity index (χ0) is 10.7. The summed E-state index contributed by atoms with van der Waals surface area (Å²) in [5, 5.41) is 0. The Balaban J connectivity index is 1.97. The molecule has 80 valence electrons. The van der Waals surface area contributed by atoms with Gasteiger partial charge in [0.15, 0.2) is 6.29 Å². The molecule has 4 nitrogen and oxygen atoms in total. The molecule has 1 aliphatic heterocycles. The molecule has 1 aromatic heterocycles. The predicted molar refractivity (Wildman–Crippen MR) is 53.6 cm³/mol. The van der Waals surface area contributed by atoms with Crippen molar-refractivity contribution in [3.05, 3.63) is 23.7 Å². The van der Waals surface area contributed by atoms with Gasteiger partial charge in [-0.2, -0.15) is 0 Å². The van der Waals surface area contributed by atoms with Crippen LogP contribution in [-0.2, 0) is 11.3 Å². The van der Waals surface area contributed by atoms with E-state index in [4.69, 9.17) is 4.42 Å². The van der Waals surface area contributed by atoms with E-state index in [9.17, 15) is 9.59 Å². The molecule has 0 unspecified atom stereocenters. The molecule has 0 aliphatic carbocycles. The number of likely N-dealkylation sites (tertiary alicyclic amines) is 1. The molecular formula is C11H13NO3. The van der Waals surface area contributed by atoms with Crippen molar-refractivity contribution in [1.82, 2.24) is 4.90 Å². The first-order valence-corrected chi connectivity index (χ1v) is 5.04. The third kappa shape index (κ3) is 2.33. The lowest BCUT2D eigenvalue weighted by Crippen LogP contribution is -2.33. The van der Waals surface area contributed by atoms with Crippen molar-refractivity contribution in [2.24, 2.45) is 0 Å². The third-order valence-electron chi connectivity index (χ3n) is 2.71. The number of aldehydes is 1. The van der Waals surface area contributed by atoms with Gasteiger partial charge >= 0.3 is 0 Å². The molecule has 0 atom stereocenters. The number of carbonyl (C=O) groups excluding carboxylic acids is 2. The highest BCUT2D eigenvalue weighted by atomic mass is 16.3. The van der Waals surface area contributed by atoms with E-state index >= 15 is 0 Å². The SMILES string of the molecule is O=Cc1cocc1CN1CCC(=O)CC1. The first-order valence-electron chi connectivity index (χ1n) is 5.04. The molecule has 1 aromatic rings. The Morgan fingerprint density at radius 3 is 2.73 bits per heavy atom. The first kappa shape index (κ1) is 10.1. The molecule has 0 amide bonds. The van der Waals surface area contributed by atoms with Crippen LogP contribution in [0.25, 0.3) is 0 Å². The maximum atomic E-state index is 11.0. The summed E-state index contributed by atoms with van der Waals surface area (Å²) < 4.78 is 4.97. The molecule has 0 spiro atoms. The number of ketones is 1. The van der Waals surface area contributed by atoms with Gasteiger partial charge in [0.1, 0.15) is 12.0 Å². The highest BCUT2D eigenvalue weighted by Gasteiger charge is 2.17. The van der Waals surface area contributed by atoms with Crippen LogP contribution in [0.15, 0.2) is 16.9 Å². The number of nitrogens with zero attached hydrogens (tertiary/aromatic N) is 1. The Labute approximate surface area is 87.9 Å². The van der Waals surface area contributed by atoms with Crippen LogP contribution in [0.5, 0.6) is 0 Å². The van der Waals surface area contributed by atoms with Crippen LogP contribution in [0, 0.1) is 0 Å². The van der Waals surface area contributed by atoms with Crippen molar-refractivity contribution in [3.63, 3.8) is 0 Å². The molecule has 0 radical (unpaired) electrons. The Morgan fingerprint density at radius 1 is 1.33 bits per heavy atom. The normalized spacial score (nSPS) is 18.0. The van der Waals surface area contributed by atoms with Crippen molar-refractivity contribution in [1.29, 1.82) is 0 Å². The van der Waals surface area contributed by atoms with Gasteiger partial charge < -0.3 is 4.42 Å². The number of Topliss-reactive ketones (excluding diaryl/α,β-unsaturated/α-hetero) is 1. The van der Waals surface area contributed by atoms with Crippen LogP contribution in [0.4, 0.5) is 0 Å². The Kier molecular flexibility index (Phi) is 2.97. The summed E-state index contributed by atoms with van der Waals surface area (Å²) in [4.78, 5) is 23.8. The summed E-state index contributed by atoms with van der Waals surface area (Å²) in [6, 6.07) is 0. The van der Waals surface area contributed by atoms with E-state index in [0.717, 1.165) is 24.9 Å². The van der Waals surface area contributed by atoms with Crippen LogP contribution in [-0.4, -0.2) is 30.1 Å². The zero-order valence-electron chi connectivity index (χ0n) is 8.44. The first-order chi connectivity index (χ1) is 7.29. The minimum atomic E-state index is 0.328. The molecule has 0 bridgehead atoms. The summed E-state index contributed by atoms with van der Waals surface area (Å²) in [6.07, 6.45) is 5.09. The maximum Gasteiger partial charge on any atom is 0.153 e. The minimum Gasteiger partial charge on any atom is -0.472 e. The van der Waals surface area contributed by atoms with Crippen molar-refractivity contribution in [3.8, 4) is 0 Å². The fourth-order valence-corrected chi connectivity index (χ4v) is 1.77. The van der Waals surface area contributed by atoms with E-state index in [1.54, 1.807) is 6.26 Å². The number of rotatable bonds is 3. The molecule has 1 fully saturated rings. The molecule has 2 heterocycles. The van der Waals surface area contributed by atoms with Gasteiger partial charge in [0.2, 0.25) is 0 Å². The maximum absolute atomic E-state index is 11.0. The molecule has 4 heteroatoms. The number of piperidine rings is 1. The van der Waals surface area contributed by atoms with Crippen molar-refractivity contribution < 1.29 is 14.0 Å². The number of hydrogen-bond acceptors (Lipinski definition) is 4. The minimum absolute atomic E-state index is 0.328. The highest BCUT2D eigenvalue weighted by Crippen LogP contribution is 2.14. The molecule has 1 saturated heterocycles. The monoisotopic (exact) mass is 207 g/mol. The van der Waals surface area contributed by atoms with Gasteiger partial charge in [-0.25, -0.2) is 0 Å². The van der Waals surface area contributed by atoms with Crippen molar-refractivity contribution in [2.75, 3.05) is 13.1 Å². The lowest BCUT2D eigenvalue weighted by molar-refractivity contribution is -0.121. The van der Waals surface area contributed by atoms with Crippen LogP contribution < -0.4 is 0 Å². The lowest BCUT2D eigenvalue weighted by atomic mass is 10.1. The molecule has 2 rings (SSSR count). The van der Waals surface area contributed by atoms with E-state index in [1.165, 1.54) is 6.26 Å². The van der Waals surface area contributed by atoms with Gasteiger partial charge in [0.05, 0.1) is 11.8 Å². The lowest BCUT2D eigenvalue weighted by Gasteiger charge is -2.25. The van der Waals surface area contributed by atoms with Crippen LogP contribution in [0.1, 0.15) is 28.8 Å². The molecule has 0 N–H and O–H groups in total. The Hall–Kier alpha value is -1.42. The van der Waals surface area contributed by atoms with E-state index in [1.807, 2.05) is 0 Å². The van der Waals surface area contributed by atoms with E-state index in [0.29, 0.717) is 30.7 Å². The average Bonchev–Trinajstić information content (AvgIpc) is 2.69. The number of hydrogen-bond donors (Lipinski definition) is 0. The quantitative estimate of drug-likeness (QED) is 0.700. The van der Waals surface area contributed by atoms with Gasteiger partial charge in [-0.15, -0.1) is 0 Å². The zero-order valence-corrected chi connectivity index (χ0v) is 8.44. The Bertz CT molecular complexity index is 360. The van der Waals surface area contributed by atoms with Gasteiger partial charge in [0.25, 0.3) is 0 Å². The summed E-state index contributed by atoms with van der Waals surface area (Å²) in [5.74, 6) is 0.328. The molecule has 0 aromatic carbocycles. The van der Waals surface area contributed by atoms with E-state index in [2.05, 4.69) is 4.90 Å². The third-order valence-corrected chi connectivity index (χ3v) is 2.71. The van der Waals surface area contributed by atoms with Crippen LogP contribution in [0.2, 0.25) is 0 Å².